The van der Waals surface area contributed by atoms with Crippen molar-refractivity contribution in [2.24, 2.45) is 5.92 Å². The van der Waals surface area contributed by atoms with E-state index in [-0.39, 0.29) is 11.5 Å². The number of ether oxygens (including phenoxy) is 1. The van der Waals surface area contributed by atoms with Gasteiger partial charge in [0, 0.05) is 64.6 Å². The van der Waals surface area contributed by atoms with Crippen LogP contribution in [0.4, 0.5) is 0 Å². The molecule has 1 aromatic rings. The number of carbonyl (C=O) groups is 1. The number of rotatable bonds is 6. The molecule has 1 aromatic heterocycles. The summed E-state index contributed by atoms with van der Waals surface area (Å²) in [6, 6.07) is 3.77. The van der Waals surface area contributed by atoms with Gasteiger partial charge in [0.2, 0.25) is 0 Å². The molecule has 0 aliphatic carbocycles. The molecule has 7 heteroatoms. The first-order chi connectivity index (χ1) is 13.7. The van der Waals surface area contributed by atoms with E-state index in [1.54, 1.807) is 13.2 Å². The van der Waals surface area contributed by atoms with Crippen LogP contribution in [0, 0.1) is 5.92 Å². The molecule has 3 aliphatic heterocycles. The highest BCUT2D eigenvalue weighted by Crippen LogP contribution is 2.31. The zero-order chi connectivity index (χ0) is 19.5. The fraction of sp³-hybridized carbons (Fsp3) is 0.714. The average molecular weight is 389 g/mol. The Bertz CT molecular complexity index is 755. The summed E-state index contributed by atoms with van der Waals surface area (Å²) in [6.45, 7) is 7.61. The van der Waals surface area contributed by atoms with Crippen molar-refractivity contribution in [2.75, 3.05) is 59.5 Å². The number of amides is 1. The highest BCUT2D eigenvalue weighted by Gasteiger charge is 2.32. The molecule has 2 saturated heterocycles. The molecule has 3 aliphatic rings. The van der Waals surface area contributed by atoms with E-state index in [0.717, 1.165) is 70.8 Å². The normalized spacial score (nSPS) is 24.8. The van der Waals surface area contributed by atoms with Gasteiger partial charge in [-0.25, -0.2) is 0 Å². The van der Waals surface area contributed by atoms with Crippen LogP contribution in [-0.2, 0) is 11.3 Å². The average Bonchev–Trinajstić information content (AvgIpc) is 2.72. The van der Waals surface area contributed by atoms with Gasteiger partial charge in [-0.2, -0.15) is 0 Å². The summed E-state index contributed by atoms with van der Waals surface area (Å²) in [6.07, 6.45) is 3.33. The van der Waals surface area contributed by atoms with E-state index < -0.39 is 0 Å². The van der Waals surface area contributed by atoms with Gasteiger partial charge in [-0.15, -0.1) is 0 Å². The number of pyridine rings is 1. The quantitative estimate of drug-likeness (QED) is 0.728. The largest absolute Gasteiger partial charge is 0.385 e. The topological polar surface area (TPSA) is 66.8 Å². The van der Waals surface area contributed by atoms with Crippen LogP contribution in [0.3, 0.4) is 0 Å². The van der Waals surface area contributed by atoms with Crippen molar-refractivity contribution in [3.8, 4) is 0 Å². The van der Waals surface area contributed by atoms with Gasteiger partial charge in [0.05, 0.1) is 0 Å². The van der Waals surface area contributed by atoms with Crippen LogP contribution in [0.15, 0.2) is 16.9 Å². The van der Waals surface area contributed by atoms with Gasteiger partial charge in [0.1, 0.15) is 5.56 Å². The number of carbonyl (C=O) groups excluding carboxylic acids is 1. The molecule has 7 nitrogen and oxygen atoms in total. The first-order valence-corrected chi connectivity index (χ1v) is 10.6. The molecular formula is C21H32N4O3. The molecule has 2 fully saturated rings. The monoisotopic (exact) mass is 388 g/mol. The van der Waals surface area contributed by atoms with Crippen LogP contribution in [0.5, 0.6) is 0 Å². The minimum atomic E-state index is -0.104. The highest BCUT2D eigenvalue weighted by molar-refractivity contribution is 5.94. The van der Waals surface area contributed by atoms with Gasteiger partial charge in [0.25, 0.3) is 11.5 Å². The van der Waals surface area contributed by atoms with Gasteiger partial charge >= 0.3 is 0 Å². The Kier molecular flexibility index (Phi) is 6.13. The number of hydrogen-bond acceptors (Lipinski definition) is 5. The predicted molar refractivity (Wildman–Crippen MR) is 108 cm³/mol. The predicted octanol–water partition coefficient (Wildman–Crippen LogP) is 0.739. The third kappa shape index (κ3) is 4.02. The molecule has 4 heterocycles. The van der Waals surface area contributed by atoms with Crippen molar-refractivity contribution in [1.29, 1.82) is 0 Å². The van der Waals surface area contributed by atoms with Gasteiger partial charge in [-0.1, -0.05) is 0 Å². The molecule has 2 bridgehead atoms. The number of unbranched alkanes of at least 4 members (excludes halogenated alkanes) is 1. The zero-order valence-electron chi connectivity index (χ0n) is 16.9. The van der Waals surface area contributed by atoms with Gasteiger partial charge in [-0.05, 0) is 50.4 Å². The van der Waals surface area contributed by atoms with Crippen molar-refractivity contribution in [3.05, 3.63) is 33.7 Å². The number of aromatic nitrogens is 1. The van der Waals surface area contributed by atoms with Crippen molar-refractivity contribution < 1.29 is 9.53 Å². The Labute approximate surface area is 166 Å². The number of piperidine rings is 1. The number of fused-ring (bicyclic) bond motifs is 4. The SMILES string of the molecule is COCCCCN1CCN(C(=O)c2ccc3n(c2=O)C[C@@H]2CNC[C@H]3C2)CC1. The van der Waals surface area contributed by atoms with E-state index in [9.17, 15) is 9.59 Å². The third-order valence-corrected chi connectivity index (χ3v) is 6.47. The molecule has 2 atom stereocenters. The van der Waals surface area contributed by atoms with Crippen LogP contribution in [0.25, 0.3) is 0 Å². The van der Waals surface area contributed by atoms with Crippen molar-refractivity contribution >= 4 is 5.91 Å². The minimum absolute atomic E-state index is 0.0962. The second kappa shape index (κ2) is 8.76. The van der Waals surface area contributed by atoms with Crippen molar-refractivity contribution in [2.45, 2.75) is 31.7 Å². The summed E-state index contributed by atoms with van der Waals surface area (Å²) >= 11 is 0. The fourth-order valence-corrected chi connectivity index (χ4v) is 4.88. The van der Waals surface area contributed by atoms with E-state index in [4.69, 9.17) is 4.74 Å². The first-order valence-electron chi connectivity index (χ1n) is 10.6. The summed E-state index contributed by atoms with van der Waals surface area (Å²) in [5.74, 6) is 0.787. The van der Waals surface area contributed by atoms with E-state index >= 15 is 0 Å². The van der Waals surface area contributed by atoms with Gasteiger partial charge in [0.15, 0.2) is 0 Å². The Balaban J connectivity index is 1.40. The maximum Gasteiger partial charge on any atom is 0.263 e. The standard InChI is InChI=1S/C21H32N4O3/c1-28-11-3-2-6-23-7-9-24(10-8-23)20(26)18-4-5-19-17-12-16(13-22-14-17)15-25(19)21(18)27/h4-5,16-17,22H,2-3,6-15H2,1H3/t16-,17+/m0/s1. The highest BCUT2D eigenvalue weighted by atomic mass is 16.5. The minimum Gasteiger partial charge on any atom is -0.385 e. The number of hydrogen-bond donors (Lipinski definition) is 1. The summed E-state index contributed by atoms with van der Waals surface area (Å²) in [5.41, 5.74) is 1.33. The molecule has 0 aromatic carbocycles. The second-order valence-corrected chi connectivity index (χ2v) is 8.38. The van der Waals surface area contributed by atoms with Crippen molar-refractivity contribution in [3.63, 3.8) is 0 Å². The van der Waals surface area contributed by atoms with Crippen LogP contribution in [0.1, 0.15) is 41.2 Å². The van der Waals surface area contributed by atoms with Gasteiger partial charge in [-0.3, -0.25) is 14.5 Å². The smallest absolute Gasteiger partial charge is 0.263 e. The summed E-state index contributed by atoms with van der Waals surface area (Å²) in [5, 5.41) is 3.46. The van der Waals surface area contributed by atoms with E-state index in [1.807, 2.05) is 15.5 Å². The van der Waals surface area contributed by atoms with Crippen LogP contribution in [-0.4, -0.2) is 79.8 Å². The first kappa shape index (κ1) is 19.6. The molecule has 0 spiro atoms. The lowest BCUT2D eigenvalue weighted by Gasteiger charge is -2.38. The Hall–Kier alpha value is -1.70. The number of methoxy groups -OCH3 is 1. The molecule has 28 heavy (non-hydrogen) atoms. The number of piperazine rings is 1. The fourth-order valence-electron chi connectivity index (χ4n) is 4.88. The van der Waals surface area contributed by atoms with E-state index in [2.05, 4.69) is 10.2 Å². The molecule has 1 amide bonds. The van der Waals surface area contributed by atoms with E-state index in [0.29, 0.717) is 30.5 Å². The molecule has 1 N–H and O–H groups in total. The van der Waals surface area contributed by atoms with Crippen molar-refractivity contribution in [1.82, 2.24) is 19.7 Å². The lowest BCUT2D eigenvalue weighted by Crippen LogP contribution is -2.50. The second-order valence-electron chi connectivity index (χ2n) is 8.38. The Morgan fingerprint density at radius 2 is 2.00 bits per heavy atom. The molecule has 4 rings (SSSR count). The van der Waals surface area contributed by atoms with Crippen LogP contribution in [0.2, 0.25) is 0 Å². The Morgan fingerprint density at radius 1 is 1.18 bits per heavy atom. The third-order valence-electron chi connectivity index (χ3n) is 6.47. The molecule has 0 unspecified atom stereocenters. The molecular weight excluding hydrogens is 356 g/mol. The zero-order valence-corrected chi connectivity index (χ0v) is 16.9. The van der Waals surface area contributed by atoms with Crippen LogP contribution < -0.4 is 10.9 Å². The number of nitrogens with zero attached hydrogens (tertiary/aromatic N) is 3. The maximum atomic E-state index is 13.1. The maximum absolute atomic E-state index is 13.1. The summed E-state index contributed by atoms with van der Waals surface area (Å²) < 4.78 is 6.97. The van der Waals surface area contributed by atoms with E-state index in [1.165, 1.54) is 0 Å². The molecule has 154 valence electrons. The molecule has 0 radical (unpaired) electrons. The summed E-state index contributed by atoms with van der Waals surface area (Å²) in [7, 11) is 1.73. The van der Waals surface area contributed by atoms with Gasteiger partial charge < -0.3 is 19.5 Å². The molecule has 0 saturated carbocycles. The number of nitrogens with one attached hydrogen (secondary N) is 1. The summed E-state index contributed by atoms with van der Waals surface area (Å²) in [4.78, 5) is 30.3. The lowest BCUT2D eigenvalue weighted by atomic mass is 9.84. The lowest BCUT2D eigenvalue weighted by molar-refractivity contribution is 0.0629. The van der Waals surface area contributed by atoms with Crippen LogP contribution >= 0.6 is 0 Å². The Morgan fingerprint density at radius 3 is 2.79 bits per heavy atom.